The van der Waals surface area contributed by atoms with E-state index >= 15 is 0 Å². The molecule has 0 heterocycles. The molecule has 2 rings (SSSR count). The van der Waals surface area contributed by atoms with Gasteiger partial charge in [0.05, 0.1) is 0 Å². The molecular formula is C15H31N3. The van der Waals surface area contributed by atoms with Crippen molar-refractivity contribution in [3.05, 3.63) is 0 Å². The van der Waals surface area contributed by atoms with E-state index in [4.69, 9.17) is 0 Å². The van der Waals surface area contributed by atoms with Crippen LogP contribution < -0.4 is 16.0 Å². The van der Waals surface area contributed by atoms with Crippen LogP contribution in [0.15, 0.2) is 0 Å². The topological polar surface area (TPSA) is 36.1 Å². The largest absolute Gasteiger partial charge is 0.317 e. The highest BCUT2D eigenvalue weighted by atomic mass is 14.9. The molecule has 3 N–H and O–H groups in total. The Morgan fingerprint density at radius 3 is 1.56 bits per heavy atom. The standard InChI is InChI=1S/C15H31N3/c1(2-9-17-12-14-4-5-14)8-16-10-3-11-18-13-15-6-7-15/h14-18H,1-13H2. The zero-order valence-electron chi connectivity index (χ0n) is 11.8. The lowest BCUT2D eigenvalue weighted by atomic mass is 10.3. The average molecular weight is 253 g/mol. The van der Waals surface area contributed by atoms with Crippen molar-refractivity contribution in [1.82, 2.24) is 16.0 Å². The highest BCUT2D eigenvalue weighted by Gasteiger charge is 2.20. The Balaban J connectivity index is 1.19. The fraction of sp³-hybridized carbons (Fsp3) is 1.00. The minimum Gasteiger partial charge on any atom is -0.317 e. The van der Waals surface area contributed by atoms with Gasteiger partial charge in [-0.25, -0.2) is 0 Å². The molecule has 0 unspecified atom stereocenters. The fourth-order valence-corrected chi connectivity index (χ4v) is 2.22. The van der Waals surface area contributed by atoms with E-state index in [1.807, 2.05) is 0 Å². The third-order valence-corrected chi connectivity index (χ3v) is 3.92. The molecule has 0 saturated heterocycles. The van der Waals surface area contributed by atoms with Gasteiger partial charge in [-0.1, -0.05) is 0 Å². The summed E-state index contributed by atoms with van der Waals surface area (Å²) in [5, 5.41) is 10.6. The van der Waals surface area contributed by atoms with E-state index in [-0.39, 0.29) is 0 Å². The Labute approximate surface area is 112 Å². The molecule has 0 amide bonds. The molecule has 3 heteroatoms. The van der Waals surface area contributed by atoms with E-state index in [9.17, 15) is 0 Å². The Morgan fingerprint density at radius 1 is 0.556 bits per heavy atom. The SMILES string of the molecule is C(CCNCC1CC1)CNCCCNCC1CC1. The summed E-state index contributed by atoms with van der Waals surface area (Å²) in [7, 11) is 0. The van der Waals surface area contributed by atoms with Crippen LogP contribution in [0.2, 0.25) is 0 Å². The van der Waals surface area contributed by atoms with Gasteiger partial charge >= 0.3 is 0 Å². The van der Waals surface area contributed by atoms with Gasteiger partial charge in [-0.15, -0.1) is 0 Å². The van der Waals surface area contributed by atoms with E-state index in [1.165, 1.54) is 84.2 Å². The first kappa shape index (κ1) is 14.3. The summed E-state index contributed by atoms with van der Waals surface area (Å²) in [5.41, 5.74) is 0. The van der Waals surface area contributed by atoms with Crippen molar-refractivity contribution < 1.29 is 0 Å². The van der Waals surface area contributed by atoms with Crippen LogP contribution in [0.25, 0.3) is 0 Å². The average Bonchev–Trinajstić information content (AvgIpc) is 3.25. The van der Waals surface area contributed by atoms with Crippen molar-refractivity contribution in [1.29, 1.82) is 0 Å². The van der Waals surface area contributed by atoms with Crippen LogP contribution >= 0.6 is 0 Å². The van der Waals surface area contributed by atoms with E-state index in [0.29, 0.717) is 0 Å². The second kappa shape index (κ2) is 8.89. The van der Waals surface area contributed by atoms with Gasteiger partial charge in [-0.05, 0) is 96.1 Å². The van der Waals surface area contributed by atoms with Crippen molar-refractivity contribution in [3.63, 3.8) is 0 Å². The molecule has 3 nitrogen and oxygen atoms in total. The van der Waals surface area contributed by atoms with Crippen LogP contribution in [0.5, 0.6) is 0 Å². The minimum atomic E-state index is 1.01. The quantitative estimate of drug-likeness (QED) is 0.438. The summed E-state index contributed by atoms with van der Waals surface area (Å²) in [6, 6.07) is 0. The zero-order valence-corrected chi connectivity index (χ0v) is 11.8. The lowest BCUT2D eigenvalue weighted by Gasteiger charge is -2.06. The van der Waals surface area contributed by atoms with Gasteiger partial charge in [-0.2, -0.15) is 0 Å². The molecule has 0 aliphatic heterocycles. The van der Waals surface area contributed by atoms with Gasteiger partial charge in [0.25, 0.3) is 0 Å². The van der Waals surface area contributed by atoms with Crippen molar-refractivity contribution >= 4 is 0 Å². The molecule has 0 aromatic carbocycles. The van der Waals surface area contributed by atoms with E-state index < -0.39 is 0 Å². The maximum absolute atomic E-state index is 3.54. The Kier molecular flexibility index (Phi) is 7.06. The Hall–Kier alpha value is -0.120. The highest BCUT2D eigenvalue weighted by molar-refractivity contribution is 4.75. The van der Waals surface area contributed by atoms with E-state index in [1.54, 1.807) is 0 Å². The van der Waals surface area contributed by atoms with Crippen LogP contribution in [-0.4, -0.2) is 39.3 Å². The summed E-state index contributed by atoms with van der Waals surface area (Å²) in [6.07, 6.45) is 9.74. The summed E-state index contributed by atoms with van der Waals surface area (Å²) in [6.45, 7) is 7.28. The monoisotopic (exact) mass is 253 g/mol. The maximum atomic E-state index is 3.54. The minimum absolute atomic E-state index is 1.01. The molecule has 2 aliphatic rings. The molecule has 2 saturated carbocycles. The molecular weight excluding hydrogens is 222 g/mol. The van der Waals surface area contributed by atoms with Crippen molar-refractivity contribution in [3.8, 4) is 0 Å². The van der Waals surface area contributed by atoms with Crippen LogP contribution in [0.3, 0.4) is 0 Å². The van der Waals surface area contributed by atoms with Crippen molar-refractivity contribution in [2.45, 2.75) is 44.9 Å². The van der Waals surface area contributed by atoms with Crippen LogP contribution in [0, 0.1) is 11.8 Å². The van der Waals surface area contributed by atoms with Crippen LogP contribution in [0.1, 0.15) is 44.9 Å². The maximum Gasteiger partial charge on any atom is -0.00205 e. The predicted molar refractivity (Wildman–Crippen MR) is 77.9 cm³/mol. The van der Waals surface area contributed by atoms with Gasteiger partial charge in [0.15, 0.2) is 0 Å². The van der Waals surface area contributed by atoms with Crippen LogP contribution in [0.4, 0.5) is 0 Å². The third kappa shape index (κ3) is 8.06. The van der Waals surface area contributed by atoms with Gasteiger partial charge in [-0.3, -0.25) is 0 Å². The summed E-state index contributed by atoms with van der Waals surface area (Å²) < 4.78 is 0. The lowest BCUT2D eigenvalue weighted by molar-refractivity contribution is 0.547. The fourth-order valence-electron chi connectivity index (χ4n) is 2.22. The number of rotatable bonds is 13. The second-order valence-corrected chi connectivity index (χ2v) is 6.11. The number of nitrogens with one attached hydrogen (secondary N) is 3. The predicted octanol–water partition coefficient (Wildman–Crippen LogP) is 1.75. The molecule has 0 atom stereocenters. The molecule has 2 aliphatic carbocycles. The molecule has 106 valence electrons. The van der Waals surface area contributed by atoms with E-state index in [2.05, 4.69) is 16.0 Å². The first-order chi connectivity index (χ1) is 8.95. The Bertz CT molecular complexity index is 178. The lowest BCUT2D eigenvalue weighted by Crippen LogP contribution is -2.24. The number of unbranched alkanes of at least 4 members (excludes halogenated alkanes) is 1. The van der Waals surface area contributed by atoms with E-state index in [0.717, 1.165) is 11.8 Å². The first-order valence-corrected chi connectivity index (χ1v) is 8.07. The van der Waals surface area contributed by atoms with Gasteiger partial charge in [0.1, 0.15) is 0 Å². The first-order valence-electron chi connectivity index (χ1n) is 8.07. The highest BCUT2D eigenvalue weighted by Crippen LogP contribution is 2.27. The molecule has 0 bridgehead atoms. The third-order valence-electron chi connectivity index (χ3n) is 3.92. The Morgan fingerprint density at radius 2 is 1.00 bits per heavy atom. The normalized spacial score (nSPS) is 19.3. The smallest absolute Gasteiger partial charge is 0.00205 e. The summed E-state index contributed by atoms with van der Waals surface area (Å²) in [4.78, 5) is 0. The van der Waals surface area contributed by atoms with Crippen LogP contribution in [-0.2, 0) is 0 Å². The van der Waals surface area contributed by atoms with Crippen molar-refractivity contribution in [2.24, 2.45) is 11.8 Å². The molecule has 18 heavy (non-hydrogen) atoms. The number of hydrogen-bond donors (Lipinski definition) is 3. The van der Waals surface area contributed by atoms with Gasteiger partial charge < -0.3 is 16.0 Å². The zero-order chi connectivity index (χ0) is 12.5. The molecule has 0 aromatic rings. The molecule has 2 fully saturated rings. The summed E-state index contributed by atoms with van der Waals surface area (Å²) >= 11 is 0. The number of hydrogen-bond acceptors (Lipinski definition) is 3. The van der Waals surface area contributed by atoms with Crippen molar-refractivity contribution in [2.75, 3.05) is 39.3 Å². The molecule has 0 spiro atoms. The second-order valence-electron chi connectivity index (χ2n) is 6.11. The van der Waals surface area contributed by atoms with Gasteiger partial charge in [0.2, 0.25) is 0 Å². The molecule has 0 radical (unpaired) electrons. The summed E-state index contributed by atoms with van der Waals surface area (Å²) in [5.74, 6) is 2.03. The van der Waals surface area contributed by atoms with Gasteiger partial charge in [0, 0.05) is 0 Å². The molecule has 0 aromatic heterocycles.